The number of hydrogen-bond donors (Lipinski definition) is 0. The number of benzene rings is 2. The van der Waals surface area contributed by atoms with Gasteiger partial charge in [0.2, 0.25) is 0 Å². The number of aryl methyl sites for hydroxylation is 1. The van der Waals surface area contributed by atoms with Crippen molar-refractivity contribution in [2.24, 2.45) is 5.41 Å². The van der Waals surface area contributed by atoms with Crippen LogP contribution >= 0.6 is 0 Å². The molecule has 0 amide bonds. The number of imidazole rings is 1. The number of fused-ring (bicyclic) bond motifs is 5. The minimum Gasteiger partial charge on any atom is -0.363 e. The van der Waals surface area contributed by atoms with E-state index in [2.05, 4.69) is 73.6 Å². The van der Waals surface area contributed by atoms with Gasteiger partial charge in [0.1, 0.15) is 5.82 Å². The zero-order valence-corrected chi connectivity index (χ0v) is 18.8. The Balaban J connectivity index is 1.47. The van der Waals surface area contributed by atoms with Gasteiger partial charge >= 0.3 is 0 Å². The third-order valence-corrected chi connectivity index (χ3v) is 8.44. The Hall–Kier alpha value is -2.29. The summed E-state index contributed by atoms with van der Waals surface area (Å²) >= 11 is 0. The van der Waals surface area contributed by atoms with Gasteiger partial charge in [-0.3, -0.25) is 4.57 Å². The molecule has 3 heterocycles. The second kappa shape index (κ2) is 6.12. The molecule has 3 aromatic rings. The molecule has 156 valence electrons. The number of rotatable bonds is 1. The average Bonchev–Trinajstić information content (AvgIpc) is 3.29. The van der Waals surface area contributed by atoms with Crippen LogP contribution < -0.4 is 4.90 Å². The molecule has 0 radical (unpaired) electrons. The number of hydrogen-bond acceptors (Lipinski definition) is 2. The van der Waals surface area contributed by atoms with Crippen molar-refractivity contribution in [1.29, 1.82) is 0 Å². The van der Waals surface area contributed by atoms with Crippen LogP contribution in [0.15, 0.2) is 36.4 Å². The second-order valence-corrected chi connectivity index (χ2v) is 10.8. The van der Waals surface area contributed by atoms with Gasteiger partial charge in [0.25, 0.3) is 0 Å². The Labute approximate surface area is 180 Å². The maximum absolute atomic E-state index is 5.09. The van der Waals surface area contributed by atoms with E-state index in [-0.39, 0.29) is 5.54 Å². The Morgan fingerprint density at radius 1 is 1.00 bits per heavy atom. The van der Waals surface area contributed by atoms with E-state index in [1.165, 1.54) is 72.4 Å². The van der Waals surface area contributed by atoms with Crippen LogP contribution in [0.25, 0.3) is 16.7 Å². The fourth-order valence-corrected chi connectivity index (χ4v) is 7.24. The van der Waals surface area contributed by atoms with Gasteiger partial charge in [0, 0.05) is 23.7 Å². The Bertz CT molecular complexity index is 1150. The summed E-state index contributed by atoms with van der Waals surface area (Å²) in [6, 6.07) is 14.1. The molecule has 1 aliphatic carbocycles. The molecule has 2 fully saturated rings. The third kappa shape index (κ3) is 2.41. The van der Waals surface area contributed by atoms with Crippen LogP contribution in [-0.2, 0) is 6.42 Å². The first-order valence-corrected chi connectivity index (χ1v) is 11.8. The zero-order valence-electron chi connectivity index (χ0n) is 18.8. The summed E-state index contributed by atoms with van der Waals surface area (Å²) in [5, 5.41) is 0. The predicted octanol–water partition coefficient (Wildman–Crippen LogP) is 6.57. The monoisotopic (exact) mass is 399 g/mol. The van der Waals surface area contributed by atoms with Gasteiger partial charge in [-0.25, -0.2) is 4.98 Å². The van der Waals surface area contributed by atoms with Crippen LogP contribution in [0, 0.1) is 12.3 Å². The topological polar surface area (TPSA) is 21.1 Å². The second-order valence-electron chi connectivity index (χ2n) is 10.8. The Morgan fingerprint density at radius 3 is 2.57 bits per heavy atom. The van der Waals surface area contributed by atoms with E-state index in [4.69, 9.17) is 4.98 Å². The lowest BCUT2D eigenvalue weighted by Gasteiger charge is -2.41. The van der Waals surface area contributed by atoms with E-state index in [9.17, 15) is 0 Å². The van der Waals surface area contributed by atoms with Gasteiger partial charge in [-0.15, -0.1) is 0 Å². The number of para-hydroxylation sites is 1. The summed E-state index contributed by atoms with van der Waals surface area (Å²) in [7, 11) is 0. The van der Waals surface area contributed by atoms with Gasteiger partial charge in [-0.05, 0) is 81.7 Å². The lowest BCUT2D eigenvalue weighted by atomic mass is 9.68. The lowest BCUT2D eigenvalue weighted by Crippen LogP contribution is -2.44. The molecule has 0 bridgehead atoms. The molecule has 30 heavy (non-hydrogen) atoms. The smallest absolute Gasteiger partial charge is 0.118 e. The Kier molecular flexibility index (Phi) is 3.77. The molecule has 6 rings (SSSR count). The van der Waals surface area contributed by atoms with Crippen molar-refractivity contribution in [1.82, 2.24) is 9.55 Å². The number of anilines is 1. The first-order chi connectivity index (χ1) is 14.4. The zero-order chi connectivity index (χ0) is 20.7. The molecule has 3 nitrogen and oxygen atoms in total. The van der Waals surface area contributed by atoms with E-state index < -0.39 is 0 Å². The van der Waals surface area contributed by atoms with Crippen LogP contribution in [-0.4, -0.2) is 21.1 Å². The molecular formula is C27H33N3. The molecule has 3 aliphatic rings. The maximum atomic E-state index is 5.09. The summed E-state index contributed by atoms with van der Waals surface area (Å²) in [4.78, 5) is 7.85. The predicted molar refractivity (Wildman–Crippen MR) is 125 cm³/mol. The van der Waals surface area contributed by atoms with Crippen molar-refractivity contribution in [2.75, 3.05) is 4.90 Å². The van der Waals surface area contributed by atoms with Crippen molar-refractivity contribution >= 4 is 16.7 Å². The minimum atomic E-state index is 0.185. The summed E-state index contributed by atoms with van der Waals surface area (Å²) in [5.74, 6) is 1.18. The molecule has 3 heteroatoms. The SMILES string of the molecule is Cc1cc2c(cc1N1C(C)C3(CCCCC3)CC1(C)C)nc1n2-c2ccccc2C1. The fraction of sp³-hybridized carbons (Fsp3) is 0.519. The van der Waals surface area contributed by atoms with Crippen molar-refractivity contribution in [3.05, 3.63) is 53.3 Å². The van der Waals surface area contributed by atoms with Gasteiger partial charge in [-0.1, -0.05) is 37.5 Å². The van der Waals surface area contributed by atoms with Crippen molar-refractivity contribution in [3.8, 4) is 5.69 Å². The molecule has 1 atom stereocenters. The van der Waals surface area contributed by atoms with E-state index in [0.29, 0.717) is 11.5 Å². The van der Waals surface area contributed by atoms with E-state index in [1.807, 2.05) is 0 Å². The lowest BCUT2D eigenvalue weighted by molar-refractivity contribution is 0.170. The highest BCUT2D eigenvalue weighted by Gasteiger charge is 2.53. The maximum Gasteiger partial charge on any atom is 0.118 e. The molecule has 0 N–H and O–H groups in total. The molecule has 2 aliphatic heterocycles. The highest BCUT2D eigenvalue weighted by atomic mass is 15.3. The standard InChI is InChI=1S/C27H33N3/c1-18-14-24-21(28-25-15-20-10-6-7-11-22(20)29(24)25)16-23(18)30-19(2)27(17-26(30,3)4)12-8-5-9-13-27/h6-7,10-11,14,16,19H,5,8-9,12-13,15,17H2,1-4H3. The van der Waals surface area contributed by atoms with Crippen LogP contribution in [0.4, 0.5) is 5.69 Å². The quantitative estimate of drug-likeness (QED) is 0.361. The highest BCUT2D eigenvalue weighted by Crippen LogP contribution is 2.56. The van der Waals surface area contributed by atoms with Crippen LogP contribution in [0.1, 0.15) is 76.2 Å². The highest BCUT2D eigenvalue weighted by molar-refractivity contribution is 5.85. The summed E-state index contributed by atoms with van der Waals surface area (Å²) in [6.07, 6.45) is 9.26. The van der Waals surface area contributed by atoms with Gasteiger partial charge in [0.15, 0.2) is 0 Å². The van der Waals surface area contributed by atoms with Gasteiger partial charge in [-0.2, -0.15) is 0 Å². The van der Waals surface area contributed by atoms with Crippen molar-refractivity contribution < 1.29 is 0 Å². The molecule has 1 unspecified atom stereocenters. The molecule has 1 saturated heterocycles. The fourth-order valence-electron chi connectivity index (χ4n) is 7.24. The Morgan fingerprint density at radius 2 is 1.77 bits per heavy atom. The molecule has 1 saturated carbocycles. The molecule has 1 aromatic heterocycles. The third-order valence-electron chi connectivity index (χ3n) is 8.44. The minimum absolute atomic E-state index is 0.185. The van der Waals surface area contributed by atoms with Gasteiger partial charge < -0.3 is 4.90 Å². The molecular weight excluding hydrogens is 366 g/mol. The summed E-state index contributed by atoms with van der Waals surface area (Å²) in [5.41, 5.74) is 8.54. The van der Waals surface area contributed by atoms with E-state index >= 15 is 0 Å². The number of aromatic nitrogens is 2. The van der Waals surface area contributed by atoms with Crippen molar-refractivity contribution in [2.45, 2.75) is 84.2 Å². The molecule has 2 aromatic carbocycles. The van der Waals surface area contributed by atoms with Crippen LogP contribution in [0.5, 0.6) is 0 Å². The largest absolute Gasteiger partial charge is 0.363 e. The molecule has 1 spiro atoms. The van der Waals surface area contributed by atoms with Crippen molar-refractivity contribution in [3.63, 3.8) is 0 Å². The van der Waals surface area contributed by atoms with E-state index in [1.54, 1.807) is 0 Å². The van der Waals surface area contributed by atoms with E-state index in [0.717, 1.165) is 11.9 Å². The first-order valence-electron chi connectivity index (χ1n) is 11.8. The summed E-state index contributed by atoms with van der Waals surface area (Å²) in [6.45, 7) is 9.71. The summed E-state index contributed by atoms with van der Waals surface area (Å²) < 4.78 is 2.38. The van der Waals surface area contributed by atoms with Crippen LogP contribution in [0.3, 0.4) is 0 Å². The average molecular weight is 400 g/mol. The van der Waals surface area contributed by atoms with Crippen LogP contribution in [0.2, 0.25) is 0 Å². The number of nitrogens with zero attached hydrogens (tertiary/aromatic N) is 3. The normalized spacial score (nSPS) is 23.9. The van der Waals surface area contributed by atoms with Gasteiger partial charge in [0.05, 0.1) is 16.7 Å². The first kappa shape index (κ1) is 18.5.